The van der Waals surface area contributed by atoms with E-state index >= 15 is 0 Å². The fourth-order valence-electron chi connectivity index (χ4n) is 1.39. The minimum atomic E-state index is -0.230. The molecule has 0 spiro atoms. The van der Waals surface area contributed by atoms with Gasteiger partial charge >= 0.3 is 0 Å². The van der Waals surface area contributed by atoms with Gasteiger partial charge in [-0.3, -0.25) is 0 Å². The van der Waals surface area contributed by atoms with Crippen molar-refractivity contribution in [3.8, 4) is 11.4 Å². The van der Waals surface area contributed by atoms with Crippen LogP contribution in [0.25, 0.3) is 11.4 Å². The van der Waals surface area contributed by atoms with Crippen LogP contribution >= 0.6 is 0 Å². The number of rotatable bonds is 3. The first-order valence-electron chi connectivity index (χ1n) is 5.76. The number of nitrogens with two attached hydrogens (primary N) is 1. The Morgan fingerprint density at radius 2 is 2.11 bits per heavy atom. The van der Waals surface area contributed by atoms with Crippen LogP contribution in [0.5, 0.6) is 0 Å². The molecule has 0 aliphatic carbocycles. The molecule has 1 aromatic carbocycles. The monoisotopic (exact) mass is 247 g/mol. The Hall–Kier alpha value is -1.88. The van der Waals surface area contributed by atoms with Gasteiger partial charge in [-0.2, -0.15) is 4.98 Å². The standard InChI is InChI=1S/C13H17N3O2/c1-13(2,3)17-8-11-15-12(16-18-11)9-5-4-6-10(14)7-9/h4-7H,8,14H2,1-3H3. The second-order valence-corrected chi connectivity index (χ2v) is 5.04. The van der Waals surface area contributed by atoms with Crippen LogP contribution in [0.3, 0.4) is 0 Å². The van der Waals surface area contributed by atoms with Gasteiger partial charge in [-0.15, -0.1) is 0 Å². The van der Waals surface area contributed by atoms with Crippen molar-refractivity contribution in [3.05, 3.63) is 30.2 Å². The SMILES string of the molecule is CC(C)(C)OCc1nc(-c2cccc(N)c2)no1. The zero-order valence-electron chi connectivity index (χ0n) is 10.8. The Morgan fingerprint density at radius 3 is 2.78 bits per heavy atom. The highest BCUT2D eigenvalue weighted by atomic mass is 16.5. The molecule has 0 unspecified atom stereocenters. The summed E-state index contributed by atoms with van der Waals surface area (Å²) in [6.45, 7) is 6.23. The van der Waals surface area contributed by atoms with Crippen molar-refractivity contribution >= 4 is 5.69 Å². The van der Waals surface area contributed by atoms with Crippen molar-refractivity contribution in [2.45, 2.75) is 33.0 Å². The third-order valence-corrected chi connectivity index (χ3v) is 2.24. The van der Waals surface area contributed by atoms with E-state index in [0.29, 0.717) is 24.0 Å². The molecule has 0 fully saturated rings. The number of anilines is 1. The van der Waals surface area contributed by atoms with Gasteiger partial charge in [0.15, 0.2) is 0 Å². The van der Waals surface area contributed by atoms with Gasteiger partial charge in [-0.25, -0.2) is 0 Å². The average molecular weight is 247 g/mol. The van der Waals surface area contributed by atoms with Crippen molar-refractivity contribution in [2.75, 3.05) is 5.73 Å². The summed E-state index contributed by atoms with van der Waals surface area (Å²) in [5, 5.41) is 3.91. The van der Waals surface area contributed by atoms with Crippen LogP contribution < -0.4 is 5.73 Å². The first kappa shape index (κ1) is 12.6. The summed E-state index contributed by atoms with van der Waals surface area (Å²) in [4.78, 5) is 4.27. The van der Waals surface area contributed by atoms with Gasteiger partial charge in [0, 0.05) is 11.3 Å². The molecule has 0 atom stereocenters. The molecule has 96 valence electrons. The topological polar surface area (TPSA) is 74.2 Å². The van der Waals surface area contributed by atoms with Gasteiger partial charge in [0.25, 0.3) is 5.89 Å². The molecule has 2 rings (SSSR count). The molecule has 18 heavy (non-hydrogen) atoms. The Bertz CT molecular complexity index is 529. The number of nitrogen functional groups attached to an aromatic ring is 1. The minimum Gasteiger partial charge on any atom is -0.399 e. The second kappa shape index (κ2) is 4.78. The summed E-state index contributed by atoms with van der Waals surface area (Å²) in [6, 6.07) is 7.36. The molecule has 0 aliphatic rings. The molecule has 0 saturated carbocycles. The third kappa shape index (κ3) is 3.30. The Kier molecular flexibility index (Phi) is 3.34. The molecule has 0 bridgehead atoms. The van der Waals surface area contributed by atoms with Crippen LogP contribution in [0.15, 0.2) is 28.8 Å². The van der Waals surface area contributed by atoms with Crippen molar-refractivity contribution in [1.82, 2.24) is 10.1 Å². The zero-order valence-corrected chi connectivity index (χ0v) is 10.8. The van der Waals surface area contributed by atoms with Gasteiger partial charge in [-0.1, -0.05) is 17.3 Å². The van der Waals surface area contributed by atoms with Crippen LogP contribution in [0.1, 0.15) is 26.7 Å². The lowest BCUT2D eigenvalue weighted by molar-refractivity contribution is -0.0260. The van der Waals surface area contributed by atoms with Gasteiger partial charge in [-0.05, 0) is 32.9 Å². The van der Waals surface area contributed by atoms with E-state index in [1.54, 1.807) is 6.07 Å². The van der Waals surface area contributed by atoms with Crippen molar-refractivity contribution in [3.63, 3.8) is 0 Å². The lowest BCUT2D eigenvalue weighted by atomic mass is 10.2. The number of benzene rings is 1. The Balaban J connectivity index is 2.11. The largest absolute Gasteiger partial charge is 0.399 e. The van der Waals surface area contributed by atoms with E-state index in [4.69, 9.17) is 15.0 Å². The maximum atomic E-state index is 5.71. The summed E-state index contributed by atoms with van der Waals surface area (Å²) in [5.74, 6) is 0.983. The maximum Gasteiger partial charge on any atom is 0.252 e. The van der Waals surface area contributed by atoms with Gasteiger partial charge in [0.2, 0.25) is 5.82 Å². The van der Waals surface area contributed by atoms with E-state index in [2.05, 4.69) is 10.1 Å². The third-order valence-electron chi connectivity index (χ3n) is 2.24. The van der Waals surface area contributed by atoms with Gasteiger partial charge in [0.1, 0.15) is 6.61 Å². The Morgan fingerprint density at radius 1 is 1.33 bits per heavy atom. The number of hydrogen-bond acceptors (Lipinski definition) is 5. The average Bonchev–Trinajstić information content (AvgIpc) is 2.74. The van der Waals surface area contributed by atoms with Crippen LogP contribution in [0.2, 0.25) is 0 Å². The predicted molar refractivity (Wildman–Crippen MR) is 68.7 cm³/mol. The predicted octanol–water partition coefficient (Wildman–Crippen LogP) is 2.63. The molecule has 2 aromatic rings. The number of hydrogen-bond donors (Lipinski definition) is 1. The highest BCUT2D eigenvalue weighted by Crippen LogP contribution is 2.19. The van der Waals surface area contributed by atoms with Crippen LogP contribution in [0, 0.1) is 0 Å². The van der Waals surface area contributed by atoms with E-state index < -0.39 is 0 Å². The fourth-order valence-corrected chi connectivity index (χ4v) is 1.39. The molecule has 1 aromatic heterocycles. The number of ether oxygens (including phenoxy) is 1. The summed E-state index contributed by atoms with van der Waals surface area (Å²) in [6.07, 6.45) is 0. The molecule has 0 aliphatic heterocycles. The molecule has 0 saturated heterocycles. The van der Waals surface area contributed by atoms with E-state index in [1.807, 2.05) is 39.0 Å². The van der Waals surface area contributed by atoms with Crippen molar-refractivity contribution in [1.29, 1.82) is 0 Å². The van der Waals surface area contributed by atoms with Crippen molar-refractivity contribution in [2.24, 2.45) is 0 Å². The first-order valence-corrected chi connectivity index (χ1v) is 5.76. The minimum absolute atomic E-state index is 0.230. The van der Waals surface area contributed by atoms with Crippen molar-refractivity contribution < 1.29 is 9.26 Å². The highest BCUT2D eigenvalue weighted by Gasteiger charge is 2.14. The van der Waals surface area contributed by atoms with Crippen LogP contribution in [-0.2, 0) is 11.3 Å². The lowest BCUT2D eigenvalue weighted by Crippen LogP contribution is -2.18. The molecule has 5 heteroatoms. The molecule has 2 N–H and O–H groups in total. The van der Waals surface area contributed by atoms with E-state index in [-0.39, 0.29) is 5.60 Å². The van der Waals surface area contributed by atoms with Gasteiger partial charge in [0.05, 0.1) is 5.60 Å². The molecular formula is C13H17N3O2. The zero-order chi connectivity index (χ0) is 13.2. The summed E-state index contributed by atoms with van der Waals surface area (Å²) in [5.41, 5.74) is 6.98. The Labute approximate surface area is 106 Å². The highest BCUT2D eigenvalue weighted by molar-refractivity contribution is 5.60. The quantitative estimate of drug-likeness (QED) is 0.844. The van der Waals surface area contributed by atoms with E-state index in [1.165, 1.54) is 0 Å². The fraction of sp³-hybridized carbons (Fsp3) is 0.385. The molecule has 0 radical (unpaired) electrons. The van der Waals surface area contributed by atoms with E-state index in [0.717, 1.165) is 5.56 Å². The van der Waals surface area contributed by atoms with Crippen LogP contribution in [-0.4, -0.2) is 15.7 Å². The summed E-state index contributed by atoms with van der Waals surface area (Å²) >= 11 is 0. The molecule has 1 heterocycles. The second-order valence-electron chi connectivity index (χ2n) is 5.04. The summed E-state index contributed by atoms with van der Waals surface area (Å²) < 4.78 is 10.7. The van der Waals surface area contributed by atoms with Gasteiger partial charge < -0.3 is 15.0 Å². The lowest BCUT2D eigenvalue weighted by Gasteiger charge is -2.17. The summed E-state index contributed by atoms with van der Waals surface area (Å²) in [7, 11) is 0. The van der Waals surface area contributed by atoms with Crippen LogP contribution in [0.4, 0.5) is 5.69 Å². The smallest absolute Gasteiger partial charge is 0.252 e. The number of nitrogens with zero attached hydrogens (tertiary/aromatic N) is 2. The number of aromatic nitrogens is 2. The van der Waals surface area contributed by atoms with E-state index in [9.17, 15) is 0 Å². The molecule has 5 nitrogen and oxygen atoms in total. The molecular weight excluding hydrogens is 230 g/mol. The normalized spacial score (nSPS) is 11.7. The maximum absolute atomic E-state index is 5.71. The first-order chi connectivity index (χ1) is 8.44. The molecule has 0 amide bonds.